The van der Waals surface area contributed by atoms with Crippen molar-refractivity contribution >= 4 is 10.0 Å². The number of nitrogens with one attached hydrogen (secondary N) is 1. The van der Waals surface area contributed by atoms with Crippen molar-refractivity contribution in [2.45, 2.75) is 6.92 Å². The Bertz CT molecular complexity index is 245. The summed E-state index contributed by atoms with van der Waals surface area (Å²) in [4.78, 5) is 0. The lowest BCUT2D eigenvalue weighted by molar-refractivity contribution is -0.867. The predicted molar refractivity (Wildman–Crippen MR) is 61.6 cm³/mol. The number of quaternary nitrogens is 1. The molecule has 0 radical (unpaired) electrons. The van der Waals surface area contributed by atoms with Gasteiger partial charge in [0, 0.05) is 0 Å². The van der Waals surface area contributed by atoms with E-state index in [9.17, 15) is 8.42 Å². The standard InChI is InChI=1S/C6H17N2O2S.C3H6.ClH/c1-7-11(9,10)6-5-8(2,3)4;1-3-2;/h7H,5-6H2,1-4H3;3H,1H2,2H3;1H/q+1;;/p-1. The van der Waals surface area contributed by atoms with E-state index in [1.165, 1.54) is 7.05 Å². The number of halogens is 1. The van der Waals surface area contributed by atoms with Gasteiger partial charge in [-0.3, -0.25) is 0 Å². The first-order valence-electron chi connectivity index (χ1n) is 4.47. The molecule has 0 aromatic rings. The fourth-order valence-corrected chi connectivity index (χ4v) is 1.49. The van der Waals surface area contributed by atoms with Gasteiger partial charge >= 0.3 is 0 Å². The van der Waals surface area contributed by atoms with E-state index in [4.69, 9.17) is 0 Å². The Morgan fingerprint density at radius 2 is 1.67 bits per heavy atom. The van der Waals surface area contributed by atoms with Crippen molar-refractivity contribution in [2.75, 3.05) is 40.5 Å². The lowest BCUT2D eigenvalue weighted by atomic mass is 10.6. The molecule has 0 aliphatic heterocycles. The average Bonchev–Trinajstić information content (AvgIpc) is 2.02. The van der Waals surface area contributed by atoms with Crippen LogP contribution in [0.4, 0.5) is 0 Å². The third-order valence-electron chi connectivity index (χ3n) is 1.34. The second-order valence-electron chi connectivity index (χ2n) is 3.95. The predicted octanol–water partition coefficient (Wildman–Crippen LogP) is -2.56. The molecule has 0 aliphatic rings. The van der Waals surface area contributed by atoms with Crippen LogP contribution in [0.2, 0.25) is 0 Å². The molecule has 0 heterocycles. The Kier molecular flexibility index (Phi) is 12.4. The lowest BCUT2D eigenvalue weighted by Crippen LogP contribution is -3.00. The summed E-state index contributed by atoms with van der Waals surface area (Å²) in [5.74, 6) is 0.188. The third kappa shape index (κ3) is 20.1. The maximum absolute atomic E-state index is 10.9. The van der Waals surface area contributed by atoms with E-state index in [1.807, 2.05) is 28.1 Å². The van der Waals surface area contributed by atoms with Gasteiger partial charge in [0.2, 0.25) is 10.0 Å². The minimum absolute atomic E-state index is 0. The van der Waals surface area contributed by atoms with E-state index >= 15 is 0 Å². The molecule has 1 N–H and O–H groups in total. The Hall–Kier alpha value is -0.100. The molecule has 0 aromatic carbocycles. The van der Waals surface area contributed by atoms with E-state index in [2.05, 4.69) is 11.3 Å². The highest BCUT2D eigenvalue weighted by Crippen LogP contribution is 1.91. The first-order chi connectivity index (χ1) is 6.18. The van der Waals surface area contributed by atoms with Crippen LogP contribution < -0.4 is 17.1 Å². The Morgan fingerprint density at radius 1 is 1.33 bits per heavy atom. The quantitative estimate of drug-likeness (QED) is 0.446. The molecule has 6 heteroatoms. The fraction of sp³-hybridized carbons (Fsp3) is 0.778. The molecule has 0 aliphatic carbocycles. The van der Waals surface area contributed by atoms with Crippen LogP contribution in [0.25, 0.3) is 0 Å². The number of nitrogens with zero attached hydrogens (tertiary/aromatic N) is 1. The van der Waals surface area contributed by atoms with Crippen LogP contribution in [-0.4, -0.2) is 53.4 Å². The zero-order chi connectivity index (χ0) is 11.8. The van der Waals surface area contributed by atoms with Crippen molar-refractivity contribution < 1.29 is 25.3 Å². The molecular weight excluding hydrogens is 236 g/mol. The van der Waals surface area contributed by atoms with Gasteiger partial charge in [0.25, 0.3) is 0 Å². The average molecular weight is 259 g/mol. The SMILES string of the molecule is C=CC.CNS(=O)(=O)CC[N+](C)(C)C.[Cl-]. The van der Waals surface area contributed by atoms with Crippen LogP contribution in [-0.2, 0) is 10.0 Å². The molecule has 0 saturated heterocycles. The Balaban J connectivity index is -0.000000320. The molecule has 0 spiro atoms. The maximum atomic E-state index is 10.9. The lowest BCUT2D eigenvalue weighted by Gasteiger charge is -2.23. The number of rotatable bonds is 4. The van der Waals surface area contributed by atoms with Crippen LogP contribution in [0.3, 0.4) is 0 Å². The number of hydrogen-bond acceptors (Lipinski definition) is 2. The summed E-state index contributed by atoms with van der Waals surface area (Å²) in [6, 6.07) is 0. The van der Waals surface area contributed by atoms with Gasteiger partial charge < -0.3 is 16.9 Å². The van der Waals surface area contributed by atoms with Gasteiger partial charge in [-0.15, -0.1) is 6.58 Å². The highest BCUT2D eigenvalue weighted by atomic mass is 35.5. The van der Waals surface area contributed by atoms with Crippen molar-refractivity contribution in [3.05, 3.63) is 12.7 Å². The summed E-state index contributed by atoms with van der Waals surface area (Å²) in [6.45, 7) is 5.88. The summed E-state index contributed by atoms with van der Waals surface area (Å²) < 4.78 is 24.8. The van der Waals surface area contributed by atoms with Crippen LogP contribution in [0, 0.1) is 0 Å². The van der Waals surface area contributed by atoms with Crippen LogP contribution in [0.15, 0.2) is 12.7 Å². The highest BCUT2D eigenvalue weighted by molar-refractivity contribution is 7.89. The van der Waals surface area contributed by atoms with Gasteiger partial charge in [-0.1, -0.05) is 6.08 Å². The number of hydrogen-bond donors (Lipinski definition) is 1. The normalized spacial score (nSPS) is 10.7. The largest absolute Gasteiger partial charge is 1.00 e. The van der Waals surface area contributed by atoms with Crippen LogP contribution in [0.5, 0.6) is 0 Å². The zero-order valence-electron chi connectivity index (χ0n) is 10.2. The van der Waals surface area contributed by atoms with Gasteiger partial charge in [0.05, 0.1) is 27.7 Å². The molecule has 0 amide bonds. The molecule has 0 unspecified atom stereocenters. The monoisotopic (exact) mass is 258 g/mol. The molecule has 0 bridgehead atoms. The summed E-state index contributed by atoms with van der Waals surface area (Å²) in [6.07, 6.45) is 1.75. The second-order valence-corrected chi connectivity index (χ2v) is 5.99. The molecule has 94 valence electrons. The van der Waals surface area contributed by atoms with Gasteiger partial charge in [0.15, 0.2) is 0 Å². The highest BCUT2D eigenvalue weighted by Gasteiger charge is 2.13. The molecule has 0 atom stereocenters. The summed E-state index contributed by atoms with van der Waals surface area (Å²) in [5, 5.41) is 0. The van der Waals surface area contributed by atoms with Gasteiger partial charge in [-0.05, 0) is 14.0 Å². The topological polar surface area (TPSA) is 46.2 Å². The molecule has 0 fully saturated rings. The molecule has 15 heavy (non-hydrogen) atoms. The minimum atomic E-state index is -3.02. The second kappa shape index (κ2) is 9.15. The maximum Gasteiger partial charge on any atom is 0.216 e. The molecule has 0 rings (SSSR count). The number of sulfonamides is 1. The smallest absolute Gasteiger partial charge is 0.216 e. The van der Waals surface area contributed by atoms with E-state index in [0.717, 1.165) is 0 Å². The third-order valence-corrected chi connectivity index (χ3v) is 2.68. The first kappa shape index (κ1) is 20.3. The summed E-state index contributed by atoms with van der Waals surface area (Å²) in [7, 11) is 4.31. The van der Waals surface area contributed by atoms with Gasteiger partial charge in [0.1, 0.15) is 5.75 Å². The van der Waals surface area contributed by atoms with E-state index in [-0.39, 0.29) is 18.2 Å². The first-order valence-corrected chi connectivity index (χ1v) is 6.12. The van der Waals surface area contributed by atoms with Crippen LogP contribution >= 0.6 is 0 Å². The molecular formula is C9H23ClN2O2S. The zero-order valence-corrected chi connectivity index (χ0v) is 11.8. The van der Waals surface area contributed by atoms with Crippen molar-refractivity contribution in [1.82, 2.24) is 4.72 Å². The van der Waals surface area contributed by atoms with Crippen molar-refractivity contribution in [1.29, 1.82) is 0 Å². The number of allylic oxidation sites excluding steroid dienone is 1. The van der Waals surface area contributed by atoms with Crippen molar-refractivity contribution in [2.24, 2.45) is 0 Å². The minimum Gasteiger partial charge on any atom is -1.00 e. The van der Waals surface area contributed by atoms with Crippen LogP contribution in [0.1, 0.15) is 6.92 Å². The summed E-state index contributed by atoms with van der Waals surface area (Å²) >= 11 is 0. The van der Waals surface area contributed by atoms with E-state index in [1.54, 1.807) is 6.08 Å². The molecule has 0 saturated carbocycles. The van der Waals surface area contributed by atoms with Gasteiger partial charge in [-0.2, -0.15) is 0 Å². The van der Waals surface area contributed by atoms with E-state index < -0.39 is 10.0 Å². The van der Waals surface area contributed by atoms with Crippen molar-refractivity contribution in [3.63, 3.8) is 0 Å². The Labute approximate surface area is 100 Å². The molecule has 0 aromatic heterocycles. The van der Waals surface area contributed by atoms with Gasteiger partial charge in [-0.25, -0.2) is 13.1 Å². The fourth-order valence-electron chi connectivity index (χ4n) is 0.496. The Morgan fingerprint density at radius 3 is 1.87 bits per heavy atom. The summed E-state index contributed by atoms with van der Waals surface area (Å²) in [5.41, 5.74) is 0. The van der Waals surface area contributed by atoms with Crippen molar-refractivity contribution in [3.8, 4) is 0 Å². The van der Waals surface area contributed by atoms with E-state index in [0.29, 0.717) is 11.0 Å². The molecule has 4 nitrogen and oxygen atoms in total.